The Bertz CT molecular complexity index is 553. The van der Waals surface area contributed by atoms with Crippen LogP contribution in [-0.4, -0.2) is 18.0 Å². The normalized spacial score (nSPS) is 17.9. The molecule has 1 heterocycles. The molecule has 4 nitrogen and oxygen atoms in total. The molecule has 1 aromatic rings. The Balaban J connectivity index is 2.10. The number of dihydropyridines is 1. The third kappa shape index (κ3) is 2.89. The van der Waals surface area contributed by atoms with Gasteiger partial charge in [-0.1, -0.05) is 22.0 Å². The maximum atomic E-state index is 13.5. The molecule has 1 aliphatic heterocycles. The smallest absolute Gasteiger partial charge is 0.269 e. The first-order chi connectivity index (χ1) is 8.56. The number of anilines is 1. The number of aliphatic imine (C=N–C) groups is 1. The van der Waals surface area contributed by atoms with E-state index in [2.05, 4.69) is 26.2 Å². The summed E-state index contributed by atoms with van der Waals surface area (Å²) in [5.41, 5.74) is 0.0851. The molecule has 1 N–H and O–H groups in total. The number of hydrogen-bond donors (Lipinski definition) is 1. The zero-order valence-corrected chi connectivity index (χ0v) is 10.6. The summed E-state index contributed by atoms with van der Waals surface area (Å²) in [6.45, 7) is 0. The van der Waals surface area contributed by atoms with Crippen LogP contribution in [-0.2, 0) is 9.59 Å². The van der Waals surface area contributed by atoms with Crippen molar-refractivity contribution in [3.05, 3.63) is 40.6 Å². The fourth-order valence-corrected chi connectivity index (χ4v) is 1.73. The van der Waals surface area contributed by atoms with E-state index >= 15 is 0 Å². The molecule has 0 bridgehead atoms. The number of nitrogens with one attached hydrogen (secondary N) is 1. The Morgan fingerprint density at radius 3 is 2.83 bits per heavy atom. The molecule has 18 heavy (non-hydrogen) atoms. The first-order valence-corrected chi connectivity index (χ1v) is 5.88. The second kappa shape index (κ2) is 5.22. The van der Waals surface area contributed by atoms with Crippen LogP contribution in [0.2, 0.25) is 0 Å². The third-order valence-electron chi connectivity index (χ3n) is 2.30. The van der Waals surface area contributed by atoms with Gasteiger partial charge in [0.05, 0.1) is 11.6 Å². The summed E-state index contributed by atoms with van der Waals surface area (Å²) >= 11 is 3.12. The van der Waals surface area contributed by atoms with E-state index in [1.54, 1.807) is 6.07 Å². The van der Waals surface area contributed by atoms with Crippen LogP contribution in [0.3, 0.4) is 0 Å². The van der Waals surface area contributed by atoms with Gasteiger partial charge in [-0.3, -0.25) is 9.59 Å². The predicted octanol–water partition coefficient (Wildman–Crippen LogP) is 2.31. The molecule has 1 aromatic carbocycles. The van der Waals surface area contributed by atoms with E-state index < -0.39 is 23.5 Å². The minimum Gasteiger partial charge on any atom is -0.323 e. The van der Waals surface area contributed by atoms with E-state index in [4.69, 9.17) is 0 Å². The number of benzene rings is 1. The number of hydrogen-bond acceptors (Lipinski definition) is 2. The second-order valence-corrected chi connectivity index (χ2v) is 4.53. The lowest BCUT2D eigenvalue weighted by Crippen LogP contribution is -2.24. The molecule has 1 unspecified atom stereocenters. The number of carbonyl (C=O) groups excluding carboxylic acids is 2. The summed E-state index contributed by atoms with van der Waals surface area (Å²) in [5.74, 6) is -2.05. The Hall–Kier alpha value is -1.82. The highest BCUT2D eigenvalue weighted by Crippen LogP contribution is 2.20. The average molecular weight is 311 g/mol. The SMILES string of the molecule is O=C1C=CC(C(=O)Nc2ccc(Br)cc2F)C=N1. The summed E-state index contributed by atoms with van der Waals surface area (Å²) in [7, 11) is 0. The van der Waals surface area contributed by atoms with Crippen LogP contribution in [0.4, 0.5) is 10.1 Å². The van der Waals surface area contributed by atoms with Gasteiger partial charge in [-0.05, 0) is 18.2 Å². The Morgan fingerprint density at radius 2 is 2.22 bits per heavy atom. The molecule has 6 heteroatoms. The lowest BCUT2D eigenvalue weighted by molar-refractivity contribution is -0.117. The number of amides is 2. The van der Waals surface area contributed by atoms with Crippen LogP contribution < -0.4 is 5.32 Å². The molecule has 2 amide bonds. The summed E-state index contributed by atoms with van der Waals surface area (Å²) in [5, 5.41) is 2.43. The molecule has 92 valence electrons. The van der Waals surface area contributed by atoms with Gasteiger partial charge in [-0.2, -0.15) is 0 Å². The van der Waals surface area contributed by atoms with Crippen LogP contribution in [0.25, 0.3) is 0 Å². The van der Waals surface area contributed by atoms with Crippen LogP contribution in [0, 0.1) is 11.7 Å². The highest BCUT2D eigenvalue weighted by Gasteiger charge is 2.18. The molecule has 0 saturated carbocycles. The Labute approximate surface area is 111 Å². The van der Waals surface area contributed by atoms with Crippen molar-refractivity contribution in [2.75, 3.05) is 5.32 Å². The minimum atomic E-state index is -0.661. The van der Waals surface area contributed by atoms with Crippen molar-refractivity contribution in [2.45, 2.75) is 0 Å². The van der Waals surface area contributed by atoms with Crippen molar-refractivity contribution in [3.63, 3.8) is 0 Å². The molecular formula is C12H8BrFN2O2. The molecule has 0 radical (unpaired) electrons. The average Bonchev–Trinajstić information content (AvgIpc) is 2.33. The van der Waals surface area contributed by atoms with Crippen LogP contribution in [0.15, 0.2) is 39.8 Å². The fraction of sp³-hybridized carbons (Fsp3) is 0.0833. The van der Waals surface area contributed by atoms with Crippen LogP contribution in [0.1, 0.15) is 0 Å². The highest BCUT2D eigenvalue weighted by molar-refractivity contribution is 9.10. The van der Waals surface area contributed by atoms with Crippen molar-refractivity contribution in [3.8, 4) is 0 Å². The predicted molar refractivity (Wildman–Crippen MR) is 68.9 cm³/mol. The maximum Gasteiger partial charge on any atom is 0.269 e. The van der Waals surface area contributed by atoms with E-state index in [0.717, 1.165) is 0 Å². The van der Waals surface area contributed by atoms with E-state index in [1.165, 1.54) is 30.5 Å². The first kappa shape index (κ1) is 12.6. The molecule has 0 saturated heterocycles. The molecule has 1 aliphatic rings. The summed E-state index contributed by atoms with van der Waals surface area (Å²) in [6.07, 6.45) is 3.86. The van der Waals surface area contributed by atoms with E-state index in [0.29, 0.717) is 4.47 Å². The third-order valence-corrected chi connectivity index (χ3v) is 2.79. The molecule has 2 rings (SSSR count). The van der Waals surface area contributed by atoms with Gasteiger partial charge < -0.3 is 5.32 Å². The summed E-state index contributed by atoms with van der Waals surface area (Å²) < 4.78 is 14.1. The van der Waals surface area contributed by atoms with Crippen molar-refractivity contribution >= 4 is 39.6 Å². The number of carbonyl (C=O) groups is 2. The molecular weight excluding hydrogens is 303 g/mol. The van der Waals surface area contributed by atoms with Gasteiger partial charge in [0, 0.05) is 16.8 Å². The van der Waals surface area contributed by atoms with E-state index in [-0.39, 0.29) is 5.69 Å². The van der Waals surface area contributed by atoms with E-state index in [9.17, 15) is 14.0 Å². The monoisotopic (exact) mass is 310 g/mol. The summed E-state index contributed by atoms with van der Waals surface area (Å²) in [4.78, 5) is 26.1. The molecule has 0 aliphatic carbocycles. The van der Waals surface area contributed by atoms with Gasteiger partial charge in [0.2, 0.25) is 5.91 Å². The molecule has 0 aromatic heterocycles. The molecule has 1 atom stereocenters. The van der Waals surface area contributed by atoms with Gasteiger partial charge in [0.25, 0.3) is 5.91 Å². The quantitative estimate of drug-likeness (QED) is 0.911. The van der Waals surface area contributed by atoms with E-state index in [1.807, 2.05) is 0 Å². The maximum absolute atomic E-state index is 13.5. The van der Waals surface area contributed by atoms with Gasteiger partial charge >= 0.3 is 0 Å². The van der Waals surface area contributed by atoms with Crippen LogP contribution in [0.5, 0.6) is 0 Å². The van der Waals surface area contributed by atoms with Gasteiger partial charge in [-0.25, -0.2) is 9.38 Å². The number of halogens is 2. The van der Waals surface area contributed by atoms with Crippen molar-refractivity contribution < 1.29 is 14.0 Å². The first-order valence-electron chi connectivity index (χ1n) is 5.08. The Morgan fingerprint density at radius 1 is 1.44 bits per heavy atom. The molecule has 0 fully saturated rings. The number of nitrogens with zero attached hydrogens (tertiary/aromatic N) is 1. The van der Waals surface area contributed by atoms with Crippen molar-refractivity contribution in [1.82, 2.24) is 0 Å². The zero-order chi connectivity index (χ0) is 13.1. The van der Waals surface area contributed by atoms with Gasteiger partial charge in [-0.15, -0.1) is 0 Å². The number of rotatable bonds is 2. The van der Waals surface area contributed by atoms with Crippen molar-refractivity contribution in [1.29, 1.82) is 0 Å². The van der Waals surface area contributed by atoms with Gasteiger partial charge in [0.1, 0.15) is 5.82 Å². The highest BCUT2D eigenvalue weighted by atomic mass is 79.9. The lowest BCUT2D eigenvalue weighted by Gasteiger charge is -2.11. The topological polar surface area (TPSA) is 58.5 Å². The fourth-order valence-electron chi connectivity index (χ4n) is 1.39. The standard InChI is InChI=1S/C12H8BrFN2O2/c13-8-2-3-10(9(14)5-8)16-12(18)7-1-4-11(17)15-6-7/h1-7H,(H,16,18). The van der Waals surface area contributed by atoms with Crippen molar-refractivity contribution in [2.24, 2.45) is 10.9 Å². The van der Waals surface area contributed by atoms with Gasteiger partial charge in [0.15, 0.2) is 0 Å². The second-order valence-electron chi connectivity index (χ2n) is 3.61. The Kier molecular flexibility index (Phi) is 3.66. The summed E-state index contributed by atoms with van der Waals surface area (Å²) in [6, 6.07) is 4.32. The van der Waals surface area contributed by atoms with Crippen LogP contribution >= 0.6 is 15.9 Å². The zero-order valence-electron chi connectivity index (χ0n) is 9.06. The molecule has 0 spiro atoms. The minimum absolute atomic E-state index is 0.0851. The lowest BCUT2D eigenvalue weighted by atomic mass is 10.1. The largest absolute Gasteiger partial charge is 0.323 e.